The molecule has 15 heteroatoms. The Bertz CT molecular complexity index is 1910. The van der Waals surface area contributed by atoms with Crippen molar-refractivity contribution in [3.63, 3.8) is 0 Å². The molecule has 0 saturated carbocycles. The summed E-state index contributed by atoms with van der Waals surface area (Å²) in [5.74, 6) is -4.90. The van der Waals surface area contributed by atoms with Crippen LogP contribution < -0.4 is 19.8 Å². The number of carbonyl (C=O) groups excluding carboxylic acids is 3. The number of aromatic hydroxyl groups is 1. The van der Waals surface area contributed by atoms with Crippen molar-refractivity contribution in [2.75, 3.05) is 17.3 Å². The first-order chi connectivity index (χ1) is 21.4. The number of hydrogen-bond acceptors (Lipinski definition) is 8. The predicted molar refractivity (Wildman–Crippen MR) is 157 cm³/mol. The number of ether oxygens (including phenoxy) is 1. The minimum Gasteiger partial charge on any atom is -0.504 e. The first-order valence-electron chi connectivity index (χ1n) is 13.2. The number of phenols is 1. The van der Waals surface area contributed by atoms with E-state index < -0.39 is 63.8 Å². The first kappa shape index (κ1) is 30.4. The molecular weight excluding hydrogens is 638 g/mol. The van der Waals surface area contributed by atoms with E-state index in [1.54, 1.807) is 0 Å². The highest BCUT2D eigenvalue weighted by atomic mass is 32.2. The second-order valence-corrected chi connectivity index (χ2v) is 12.3. The maximum absolute atomic E-state index is 14.0. The van der Waals surface area contributed by atoms with Crippen LogP contribution in [0.3, 0.4) is 0 Å². The van der Waals surface area contributed by atoms with E-state index in [4.69, 9.17) is 4.74 Å². The van der Waals surface area contributed by atoms with Gasteiger partial charge in [0.2, 0.25) is 17.7 Å². The molecule has 1 aromatic heterocycles. The molecule has 0 aliphatic carbocycles. The van der Waals surface area contributed by atoms with Gasteiger partial charge in [0.15, 0.2) is 11.5 Å². The molecule has 6 rings (SSSR count). The van der Waals surface area contributed by atoms with Crippen LogP contribution >= 0.6 is 23.1 Å². The average molecular weight is 660 g/mol. The SMILES string of the molecule is COc1cc([C@@H]2c3sc(=O)n(CC(=O)Nc4ccc(F)cc4)c3S[C@@H]3C(=O)N(c4cccc(C(F)(F)F)c4)C(=O)[C@H]23)ccc1O. The van der Waals surface area contributed by atoms with Crippen LogP contribution in [0.5, 0.6) is 11.5 Å². The van der Waals surface area contributed by atoms with Gasteiger partial charge in [0.05, 0.1) is 29.3 Å². The molecule has 3 amide bonds. The Morgan fingerprint density at radius 2 is 1.76 bits per heavy atom. The van der Waals surface area contributed by atoms with Crippen LogP contribution in [0.1, 0.15) is 21.9 Å². The zero-order chi connectivity index (χ0) is 32.2. The lowest BCUT2D eigenvalue weighted by molar-refractivity contribution is -0.137. The number of phenolic OH excluding ortho intramolecular Hbond substituents is 1. The third-order valence-corrected chi connectivity index (χ3v) is 10.1. The van der Waals surface area contributed by atoms with Gasteiger partial charge in [-0.25, -0.2) is 9.29 Å². The van der Waals surface area contributed by atoms with Crippen molar-refractivity contribution in [3.8, 4) is 11.5 Å². The van der Waals surface area contributed by atoms with Crippen molar-refractivity contribution in [2.45, 2.75) is 28.9 Å². The van der Waals surface area contributed by atoms with E-state index in [0.29, 0.717) is 10.4 Å². The number of thiazole rings is 1. The van der Waals surface area contributed by atoms with Gasteiger partial charge in [0.1, 0.15) is 17.6 Å². The smallest absolute Gasteiger partial charge is 0.416 e. The van der Waals surface area contributed by atoms with E-state index in [1.165, 1.54) is 43.5 Å². The molecule has 0 radical (unpaired) electrons. The maximum Gasteiger partial charge on any atom is 0.416 e. The summed E-state index contributed by atoms with van der Waals surface area (Å²) in [7, 11) is 1.32. The second-order valence-electron chi connectivity index (χ2n) is 10.2. The van der Waals surface area contributed by atoms with E-state index >= 15 is 0 Å². The summed E-state index contributed by atoms with van der Waals surface area (Å²) in [6.45, 7) is -0.475. The number of methoxy groups -OCH3 is 1. The minimum atomic E-state index is -4.72. The number of imide groups is 1. The van der Waals surface area contributed by atoms with Gasteiger partial charge in [-0.2, -0.15) is 13.2 Å². The Balaban J connectivity index is 1.43. The van der Waals surface area contributed by atoms with Crippen LogP contribution in [0.15, 0.2) is 76.6 Å². The first-order valence-corrected chi connectivity index (χ1v) is 14.9. The lowest BCUT2D eigenvalue weighted by Gasteiger charge is -2.31. The second kappa shape index (κ2) is 11.4. The Morgan fingerprint density at radius 1 is 1.02 bits per heavy atom. The van der Waals surface area contributed by atoms with Gasteiger partial charge in [0, 0.05) is 16.5 Å². The average Bonchev–Trinajstić information content (AvgIpc) is 3.44. The van der Waals surface area contributed by atoms with E-state index in [2.05, 4.69) is 5.32 Å². The molecular formula is C30H21F4N3O6S2. The topological polar surface area (TPSA) is 118 Å². The number of rotatable bonds is 6. The number of benzene rings is 3. The fraction of sp³-hybridized carbons (Fsp3) is 0.200. The highest BCUT2D eigenvalue weighted by Gasteiger charge is 2.57. The van der Waals surface area contributed by atoms with Crippen molar-refractivity contribution < 1.29 is 41.8 Å². The number of fused-ring (bicyclic) bond motifs is 2. The highest BCUT2D eigenvalue weighted by Crippen LogP contribution is 2.54. The molecule has 2 aliphatic rings. The van der Waals surface area contributed by atoms with Gasteiger partial charge < -0.3 is 15.2 Å². The molecule has 2 N–H and O–H groups in total. The molecule has 0 bridgehead atoms. The number of carbonyl (C=O) groups is 3. The van der Waals surface area contributed by atoms with Crippen molar-refractivity contribution >= 4 is 52.2 Å². The van der Waals surface area contributed by atoms with Crippen molar-refractivity contribution in [1.29, 1.82) is 0 Å². The number of amides is 3. The fourth-order valence-corrected chi connectivity index (χ4v) is 8.23. The van der Waals surface area contributed by atoms with E-state index in [0.717, 1.165) is 62.9 Å². The van der Waals surface area contributed by atoms with Gasteiger partial charge in [-0.1, -0.05) is 35.2 Å². The Morgan fingerprint density at radius 3 is 2.44 bits per heavy atom. The van der Waals surface area contributed by atoms with Gasteiger partial charge in [-0.3, -0.25) is 23.7 Å². The Hall–Kier alpha value is -4.63. The van der Waals surface area contributed by atoms with Gasteiger partial charge in [-0.15, -0.1) is 0 Å². The summed E-state index contributed by atoms with van der Waals surface area (Å²) >= 11 is 1.65. The van der Waals surface area contributed by atoms with Crippen molar-refractivity contribution in [2.24, 2.45) is 5.92 Å². The third kappa shape index (κ3) is 5.46. The Labute approximate surface area is 260 Å². The summed E-state index contributed by atoms with van der Waals surface area (Å²) in [5, 5.41) is 11.9. The molecule has 45 heavy (non-hydrogen) atoms. The maximum atomic E-state index is 14.0. The molecule has 3 heterocycles. The number of aromatic nitrogens is 1. The minimum absolute atomic E-state index is 0.0563. The zero-order valence-electron chi connectivity index (χ0n) is 23.0. The zero-order valence-corrected chi connectivity index (χ0v) is 24.6. The third-order valence-electron chi connectivity index (χ3n) is 7.47. The molecule has 1 fully saturated rings. The largest absolute Gasteiger partial charge is 0.504 e. The molecule has 3 aromatic carbocycles. The van der Waals surface area contributed by atoms with Crippen molar-refractivity contribution in [1.82, 2.24) is 4.57 Å². The summed E-state index contributed by atoms with van der Waals surface area (Å²) < 4.78 is 60.2. The van der Waals surface area contributed by atoms with Gasteiger partial charge in [-0.05, 0) is 60.2 Å². The van der Waals surface area contributed by atoms with Crippen LogP contribution in [-0.4, -0.2) is 39.8 Å². The molecule has 232 valence electrons. The Kier molecular flexibility index (Phi) is 7.69. The van der Waals surface area contributed by atoms with Crippen LogP contribution in [-0.2, 0) is 27.1 Å². The number of halogens is 4. The summed E-state index contributed by atoms with van der Waals surface area (Å²) in [4.78, 5) is 54.6. The van der Waals surface area contributed by atoms with E-state index in [1.807, 2.05) is 0 Å². The van der Waals surface area contributed by atoms with Crippen molar-refractivity contribution in [3.05, 3.63) is 98.2 Å². The molecule has 3 atom stereocenters. The highest BCUT2D eigenvalue weighted by molar-refractivity contribution is 8.00. The molecule has 4 aromatic rings. The number of anilines is 2. The molecule has 0 unspecified atom stereocenters. The van der Waals surface area contributed by atoms with Crippen LogP contribution in [0.4, 0.5) is 28.9 Å². The van der Waals surface area contributed by atoms with Gasteiger partial charge in [0.25, 0.3) is 0 Å². The number of nitrogens with zero attached hydrogens (tertiary/aromatic N) is 2. The number of alkyl halides is 3. The lowest BCUT2D eigenvalue weighted by Crippen LogP contribution is -2.33. The molecule has 1 saturated heterocycles. The fourth-order valence-electron chi connectivity index (χ4n) is 5.46. The lowest BCUT2D eigenvalue weighted by atomic mass is 9.83. The normalized spacial score (nSPS) is 19.3. The standard InChI is InChI=1S/C30H21F4N3O6S2/c1-43-20-11-14(5-10-19(20)38)22-23-24(27(41)37(26(23)40)18-4-2-3-15(12-18)30(32,33)34)44-28-25(22)45-29(42)36(28)13-21(39)35-17-8-6-16(31)7-9-17/h2-12,22-24,38H,13H2,1H3,(H,35,39)/t22-,23+,24-/m0/s1. The number of nitrogens with one attached hydrogen (secondary N) is 1. The van der Waals surface area contributed by atoms with E-state index in [-0.39, 0.29) is 27.9 Å². The van der Waals surface area contributed by atoms with Crippen LogP contribution in [0.2, 0.25) is 0 Å². The van der Waals surface area contributed by atoms with Crippen LogP contribution in [0, 0.1) is 11.7 Å². The summed E-state index contributed by atoms with van der Waals surface area (Å²) in [6, 6.07) is 13.2. The molecule has 0 spiro atoms. The number of hydrogen-bond donors (Lipinski definition) is 2. The molecule has 2 aliphatic heterocycles. The predicted octanol–water partition coefficient (Wildman–Crippen LogP) is 5.22. The monoisotopic (exact) mass is 659 g/mol. The van der Waals surface area contributed by atoms with E-state index in [9.17, 15) is 41.8 Å². The summed E-state index contributed by atoms with van der Waals surface area (Å²) in [6.07, 6.45) is -4.72. The summed E-state index contributed by atoms with van der Waals surface area (Å²) in [5.41, 5.74) is -0.606. The molecule has 9 nitrogen and oxygen atoms in total. The van der Waals surface area contributed by atoms with Gasteiger partial charge >= 0.3 is 11.0 Å². The quantitative estimate of drug-likeness (QED) is 0.216. The number of thioether (sulfide) groups is 1. The van der Waals surface area contributed by atoms with Crippen LogP contribution in [0.25, 0.3) is 0 Å².